The minimum atomic E-state index is -4.32. The van der Waals surface area contributed by atoms with E-state index in [1.54, 1.807) is 12.1 Å². The van der Waals surface area contributed by atoms with E-state index in [1.165, 1.54) is 0 Å². The zero-order valence-electron chi connectivity index (χ0n) is 17.9. The number of likely N-dealkylation sites (tertiary alicyclic amines) is 2. The van der Waals surface area contributed by atoms with Gasteiger partial charge in [0.05, 0.1) is 12.1 Å². The van der Waals surface area contributed by atoms with Gasteiger partial charge in [-0.2, -0.15) is 13.2 Å². The first-order valence-corrected chi connectivity index (χ1v) is 11.8. The van der Waals surface area contributed by atoms with Gasteiger partial charge in [0.1, 0.15) is 16.9 Å². The van der Waals surface area contributed by atoms with E-state index in [0.29, 0.717) is 42.1 Å². The van der Waals surface area contributed by atoms with E-state index in [0.717, 1.165) is 47.1 Å². The van der Waals surface area contributed by atoms with Crippen LogP contribution in [-0.2, 0) is 19.3 Å². The van der Waals surface area contributed by atoms with Crippen LogP contribution in [0.1, 0.15) is 23.4 Å². The molecule has 6 nitrogen and oxygen atoms in total. The molecule has 10 heteroatoms. The number of rotatable bonds is 4. The number of hydrogen-bond donors (Lipinski definition) is 1. The van der Waals surface area contributed by atoms with Gasteiger partial charge in [0, 0.05) is 41.6 Å². The third-order valence-corrected chi connectivity index (χ3v) is 7.32. The van der Waals surface area contributed by atoms with Crippen molar-refractivity contribution in [1.82, 2.24) is 19.8 Å². The summed E-state index contributed by atoms with van der Waals surface area (Å²) < 4.78 is 45.0. The smallest absolute Gasteiger partial charge is 0.416 e. The minimum absolute atomic E-state index is 0.225. The van der Waals surface area contributed by atoms with Gasteiger partial charge in [0.25, 0.3) is 5.56 Å². The molecule has 6 rings (SSSR count). The molecule has 2 aromatic heterocycles. The van der Waals surface area contributed by atoms with Crippen molar-refractivity contribution in [2.75, 3.05) is 13.1 Å². The summed E-state index contributed by atoms with van der Waals surface area (Å²) in [5.41, 5.74) is 1.36. The van der Waals surface area contributed by atoms with Gasteiger partial charge in [-0.15, -0.1) is 0 Å². The van der Waals surface area contributed by atoms with E-state index >= 15 is 0 Å². The number of furan rings is 1. The van der Waals surface area contributed by atoms with E-state index in [1.807, 2.05) is 18.2 Å². The Labute approximate surface area is 200 Å². The second kappa shape index (κ2) is 7.93. The zero-order valence-corrected chi connectivity index (χ0v) is 19.5. The lowest BCUT2D eigenvalue weighted by molar-refractivity contribution is -0.137. The number of piperazine rings is 1. The Morgan fingerprint density at radius 2 is 1.76 bits per heavy atom. The summed E-state index contributed by atoms with van der Waals surface area (Å²) >= 11 is 3.46. The highest BCUT2D eigenvalue weighted by Gasteiger charge is 2.43. The number of nitrogens with one attached hydrogen (secondary N) is 1. The summed E-state index contributed by atoms with van der Waals surface area (Å²) in [6.07, 6.45) is -3.32. The van der Waals surface area contributed by atoms with E-state index in [4.69, 9.17) is 9.40 Å². The Kier molecular flexibility index (Phi) is 5.09. The number of benzene rings is 2. The number of nitrogens with zero attached hydrogens (tertiary/aromatic N) is 3. The van der Waals surface area contributed by atoms with Crippen LogP contribution in [0.3, 0.4) is 0 Å². The van der Waals surface area contributed by atoms with Crippen LogP contribution < -0.4 is 5.56 Å². The van der Waals surface area contributed by atoms with Crippen LogP contribution in [0, 0.1) is 0 Å². The molecule has 0 unspecified atom stereocenters. The number of hydrogen-bond acceptors (Lipinski definition) is 5. The maximum atomic E-state index is 12.8. The van der Waals surface area contributed by atoms with Crippen LogP contribution in [0.5, 0.6) is 0 Å². The molecule has 2 bridgehead atoms. The van der Waals surface area contributed by atoms with Crippen LogP contribution in [0.15, 0.2) is 56.1 Å². The maximum Gasteiger partial charge on any atom is 0.416 e. The molecule has 0 saturated carbocycles. The SMILES string of the molecule is O=c1[nH]c(CN2C[C@@H]3C[C@H]2CN3Cc2ccc(C(F)(F)F)cc2)nc2c1oc1ccc(Br)cc12. The zero-order chi connectivity index (χ0) is 23.6. The average molecular weight is 533 g/mol. The number of aromatic amines is 1. The highest BCUT2D eigenvalue weighted by Crippen LogP contribution is 2.34. The second-order valence-electron chi connectivity index (χ2n) is 9.03. The van der Waals surface area contributed by atoms with E-state index < -0.39 is 11.7 Å². The summed E-state index contributed by atoms with van der Waals surface area (Å²) in [4.78, 5) is 24.8. The highest BCUT2D eigenvalue weighted by molar-refractivity contribution is 9.10. The molecule has 2 aromatic carbocycles. The van der Waals surface area contributed by atoms with Crippen LogP contribution in [0.25, 0.3) is 22.1 Å². The van der Waals surface area contributed by atoms with Crippen LogP contribution in [-0.4, -0.2) is 44.9 Å². The topological polar surface area (TPSA) is 65.4 Å². The quantitative estimate of drug-likeness (QED) is 0.404. The molecule has 2 saturated heterocycles. The lowest BCUT2D eigenvalue weighted by Gasteiger charge is -2.34. The molecule has 4 aromatic rings. The van der Waals surface area contributed by atoms with Gasteiger partial charge in [0.15, 0.2) is 0 Å². The van der Waals surface area contributed by atoms with Crippen molar-refractivity contribution in [1.29, 1.82) is 0 Å². The highest BCUT2D eigenvalue weighted by atomic mass is 79.9. The summed E-state index contributed by atoms with van der Waals surface area (Å²) in [7, 11) is 0. The van der Waals surface area contributed by atoms with E-state index in [-0.39, 0.29) is 11.1 Å². The van der Waals surface area contributed by atoms with E-state index in [9.17, 15) is 18.0 Å². The summed E-state index contributed by atoms with van der Waals surface area (Å²) in [5.74, 6) is 0.599. The fraction of sp³-hybridized carbons (Fsp3) is 0.333. The Morgan fingerprint density at radius 3 is 2.44 bits per heavy atom. The summed E-state index contributed by atoms with van der Waals surface area (Å²) in [5, 5.41) is 0.794. The first-order chi connectivity index (χ1) is 16.2. The predicted octanol–water partition coefficient (Wildman–Crippen LogP) is 4.91. The number of aromatic nitrogens is 2. The van der Waals surface area contributed by atoms with Gasteiger partial charge in [-0.05, 0) is 42.3 Å². The molecule has 1 N–H and O–H groups in total. The molecule has 176 valence electrons. The Bertz CT molecular complexity index is 1450. The van der Waals surface area contributed by atoms with Gasteiger partial charge in [-0.25, -0.2) is 4.98 Å². The van der Waals surface area contributed by atoms with Gasteiger partial charge in [-0.1, -0.05) is 28.1 Å². The molecule has 0 spiro atoms. The second-order valence-corrected chi connectivity index (χ2v) is 9.95. The molecule has 2 fully saturated rings. The Balaban J connectivity index is 1.16. The largest absolute Gasteiger partial charge is 0.449 e. The molecular weight excluding hydrogens is 513 g/mol. The normalized spacial score (nSPS) is 21.3. The van der Waals surface area contributed by atoms with Crippen molar-refractivity contribution in [3.8, 4) is 0 Å². The molecule has 0 aliphatic carbocycles. The molecule has 2 atom stereocenters. The van der Waals surface area contributed by atoms with Crippen LogP contribution in [0.2, 0.25) is 0 Å². The molecule has 4 heterocycles. The van der Waals surface area contributed by atoms with Crippen molar-refractivity contribution in [2.45, 2.75) is 37.8 Å². The van der Waals surface area contributed by atoms with Crippen molar-refractivity contribution < 1.29 is 17.6 Å². The first-order valence-electron chi connectivity index (χ1n) is 11.0. The van der Waals surface area contributed by atoms with E-state index in [2.05, 4.69) is 30.7 Å². The molecule has 34 heavy (non-hydrogen) atoms. The van der Waals surface area contributed by atoms with Gasteiger partial charge in [-0.3, -0.25) is 14.6 Å². The van der Waals surface area contributed by atoms with Crippen LogP contribution in [0.4, 0.5) is 13.2 Å². The summed E-state index contributed by atoms with van der Waals surface area (Å²) in [6, 6.07) is 11.6. The molecule has 0 amide bonds. The van der Waals surface area contributed by atoms with Crippen molar-refractivity contribution in [3.05, 3.63) is 74.2 Å². The molecule has 0 radical (unpaired) electrons. The predicted molar refractivity (Wildman–Crippen MR) is 124 cm³/mol. The molecular formula is C24H20BrF3N4O2. The number of H-pyrrole nitrogens is 1. The average Bonchev–Trinajstić information content (AvgIpc) is 3.46. The lowest BCUT2D eigenvalue weighted by atomic mass is 10.1. The minimum Gasteiger partial charge on any atom is -0.449 e. The monoisotopic (exact) mass is 532 g/mol. The maximum absolute atomic E-state index is 12.8. The number of halogens is 4. The lowest BCUT2D eigenvalue weighted by Crippen LogP contribution is -2.45. The van der Waals surface area contributed by atoms with Crippen molar-refractivity contribution in [3.63, 3.8) is 0 Å². The number of fused-ring (bicyclic) bond motifs is 5. The Hall–Kier alpha value is -2.69. The third kappa shape index (κ3) is 3.83. The van der Waals surface area contributed by atoms with Crippen molar-refractivity contribution >= 4 is 38.0 Å². The first kappa shape index (κ1) is 21.8. The molecule has 2 aliphatic heterocycles. The Morgan fingerprint density at radius 1 is 1.06 bits per heavy atom. The fourth-order valence-corrected chi connectivity index (χ4v) is 5.55. The van der Waals surface area contributed by atoms with Crippen molar-refractivity contribution in [2.24, 2.45) is 0 Å². The third-order valence-electron chi connectivity index (χ3n) is 6.82. The molecule has 2 aliphatic rings. The fourth-order valence-electron chi connectivity index (χ4n) is 5.19. The number of alkyl halides is 3. The summed E-state index contributed by atoms with van der Waals surface area (Å²) in [6.45, 7) is 2.82. The van der Waals surface area contributed by atoms with Gasteiger partial charge < -0.3 is 9.40 Å². The van der Waals surface area contributed by atoms with Gasteiger partial charge in [0.2, 0.25) is 5.58 Å². The van der Waals surface area contributed by atoms with Crippen LogP contribution >= 0.6 is 15.9 Å². The standard InChI is InChI=1S/C24H20BrF3N4O2/c25-15-5-6-19-18(7-15)21-22(34-19)23(33)30-20(29-21)12-32-11-16-8-17(32)10-31(16)9-13-1-3-14(4-2-13)24(26,27)28/h1-7,16-17H,8-12H2,(H,29,30,33)/t16-,17-/m0/s1. The van der Waals surface area contributed by atoms with Gasteiger partial charge >= 0.3 is 6.18 Å².